The first-order chi connectivity index (χ1) is 12.3. The number of nitrogens with one attached hydrogen (secondary N) is 1. The lowest BCUT2D eigenvalue weighted by Gasteiger charge is -2.09. The molecular weight excluding hydrogens is 332 g/mol. The van der Waals surface area contributed by atoms with Crippen molar-refractivity contribution in [3.8, 4) is 0 Å². The third kappa shape index (κ3) is 3.54. The van der Waals surface area contributed by atoms with E-state index in [9.17, 15) is 4.79 Å². The summed E-state index contributed by atoms with van der Waals surface area (Å²) < 4.78 is 2.17. The standard InChI is InChI=1S/C19H20N4OS/c24-18(20-16-10-6-8-14-7-3-4-9-15(14)16)13-25-19-22-21-17-11-2-1-5-12-23(17)19/h3-4,6-10H,1-2,5,11-13H2,(H,20,24). The summed E-state index contributed by atoms with van der Waals surface area (Å²) in [5.41, 5.74) is 0.851. The van der Waals surface area contributed by atoms with E-state index in [1.807, 2.05) is 42.5 Å². The molecule has 0 radical (unpaired) electrons. The third-order valence-electron chi connectivity index (χ3n) is 4.47. The number of fused-ring (bicyclic) bond motifs is 2. The van der Waals surface area contributed by atoms with Crippen molar-refractivity contribution >= 4 is 34.1 Å². The van der Waals surface area contributed by atoms with Crippen LogP contribution in [0.4, 0.5) is 5.69 Å². The molecule has 1 aromatic heterocycles. The Morgan fingerprint density at radius 3 is 2.92 bits per heavy atom. The zero-order chi connectivity index (χ0) is 17.1. The van der Waals surface area contributed by atoms with Gasteiger partial charge in [-0.2, -0.15) is 0 Å². The van der Waals surface area contributed by atoms with Crippen molar-refractivity contribution in [3.05, 3.63) is 48.3 Å². The van der Waals surface area contributed by atoms with Crippen LogP contribution in [0.25, 0.3) is 10.8 Å². The van der Waals surface area contributed by atoms with Crippen molar-refractivity contribution in [3.63, 3.8) is 0 Å². The minimum absolute atomic E-state index is 0.0210. The van der Waals surface area contributed by atoms with E-state index in [4.69, 9.17) is 0 Å². The minimum Gasteiger partial charge on any atom is -0.325 e. The summed E-state index contributed by atoms with van der Waals surface area (Å²) in [6.45, 7) is 0.954. The van der Waals surface area contributed by atoms with Gasteiger partial charge < -0.3 is 9.88 Å². The van der Waals surface area contributed by atoms with Crippen molar-refractivity contribution in [2.45, 2.75) is 37.4 Å². The van der Waals surface area contributed by atoms with Crippen LogP contribution >= 0.6 is 11.8 Å². The predicted molar refractivity (Wildman–Crippen MR) is 101 cm³/mol. The molecule has 3 aromatic rings. The van der Waals surface area contributed by atoms with Gasteiger partial charge in [0, 0.05) is 24.0 Å². The molecule has 0 bridgehead atoms. The fourth-order valence-electron chi connectivity index (χ4n) is 3.22. The zero-order valence-electron chi connectivity index (χ0n) is 13.9. The van der Waals surface area contributed by atoms with Gasteiger partial charge in [-0.25, -0.2) is 0 Å². The molecule has 128 valence electrons. The lowest BCUT2D eigenvalue weighted by molar-refractivity contribution is -0.113. The number of benzene rings is 2. The van der Waals surface area contributed by atoms with Gasteiger partial charge in [0.1, 0.15) is 5.82 Å². The molecule has 2 aromatic carbocycles. The topological polar surface area (TPSA) is 59.8 Å². The Hall–Kier alpha value is -2.34. The largest absolute Gasteiger partial charge is 0.325 e. The number of nitrogens with zero attached hydrogens (tertiary/aromatic N) is 3. The van der Waals surface area contributed by atoms with Gasteiger partial charge in [0.05, 0.1) is 5.75 Å². The van der Waals surface area contributed by atoms with Gasteiger partial charge in [0.15, 0.2) is 5.16 Å². The summed E-state index contributed by atoms with van der Waals surface area (Å²) in [6.07, 6.45) is 4.54. The average molecular weight is 352 g/mol. The molecule has 0 spiro atoms. The maximum absolute atomic E-state index is 12.4. The second kappa shape index (κ2) is 7.27. The van der Waals surface area contributed by atoms with Crippen LogP contribution in [0.1, 0.15) is 25.1 Å². The van der Waals surface area contributed by atoms with E-state index >= 15 is 0 Å². The Bertz CT molecular complexity index is 900. The molecule has 1 N–H and O–H groups in total. The van der Waals surface area contributed by atoms with Gasteiger partial charge in [0.2, 0.25) is 5.91 Å². The van der Waals surface area contributed by atoms with E-state index in [1.165, 1.54) is 24.6 Å². The van der Waals surface area contributed by atoms with Gasteiger partial charge >= 0.3 is 0 Å². The number of thioether (sulfide) groups is 1. The number of hydrogen-bond donors (Lipinski definition) is 1. The van der Waals surface area contributed by atoms with Crippen molar-refractivity contribution in [1.29, 1.82) is 0 Å². The van der Waals surface area contributed by atoms with Gasteiger partial charge in [-0.15, -0.1) is 10.2 Å². The maximum Gasteiger partial charge on any atom is 0.234 e. The number of anilines is 1. The van der Waals surface area contributed by atoms with Crippen LogP contribution in [-0.2, 0) is 17.8 Å². The molecule has 0 atom stereocenters. The quantitative estimate of drug-likeness (QED) is 0.724. The molecule has 0 unspecified atom stereocenters. The van der Waals surface area contributed by atoms with Gasteiger partial charge in [0.25, 0.3) is 0 Å². The summed E-state index contributed by atoms with van der Waals surface area (Å²) >= 11 is 1.46. The first-order valence-electron chi connectivity index (χ1n) is 8.64. The molecule has 1 aliphatic heterocycles. The van der Waals surface area contributed by atoms with Gasteiger partial charge in [-0.1, -0.05) is 54.6 Å². The van der Waals surface area contributed by atoms with E-state index in [1.54, 1.807) is 0 Å². The van der Waals surface area contributed by atoms with E-state index in [-0.39, 0.29) is 5.91 Å². The van der Waals surface area contributed by atoms with Crippen molar-refractivity contribution in [1.82, 2.24) is 14.8 Å². The molecule has 1 amide bonds. The summed E-state index contributed by atoms with van der Waals surface area (Å²) in [7, 11) is 0. The molecular formula is C19H20N4OS. The highest BCUT2D eigenvalue weighted by Gasteiger charge is 2.16. The van der Waals surface area contributed by atoms with Gasteiger partial charge in [-0.3, -0.25) is 4.79 Å². The normalized spacial score (nSPS) is 14.1. The van der Waals surface area contributed by atoms with E-state index in [2.05, 4.69) is 20.1 Å². The number of amides is 1. The van der Waals surface area contributed by atoms with Crippen LogP contribution in [0, 0.1) is 0 Å². The molecule has 25 heavy (non-hydrogen) atoms. The number of aryl methyl sites for hydroxylation is 1. The number of hydrogen-bond acceptors (Lipinski definition) is 4. The Morgan fingerprint density at radius 1 is 1.08 bits per heavy atom. The van der Waals surface area contributed by atoms with E-state index < -0.39 is 0 Å². The average Bonchev–Trinajstić information content (AvgIpc) is 2.86. The molecule has 0 saturated carbocycles. The molecule has 4 rings (SSSR count). The summed E-state index contributed by atoms with van der Waals surface area (Å²) in [4.78, 5) is 12.4. The summed E-state index contributed by atoms with van der Waals surface area (Å²) in [5.74, 6) is 1.36. The van der Waals surface area contributed by atoms with Crippen molar-refractivity contribution in [2.24, 2.45) is 0 Å². The highest BCUT2D eigenvalue weighted by molar-refractivity contribution is 7.99. The molecule has 5 nitrogen and oxygen atoms in total. The Morgan fingerprint density at radius 2 is 1.96 bits per heavy atom. The van der Waals surface area contributed by atoms with E-state index in [0.29, 0.717) is 5.75 Å². The third-order valence-corrected chi connectivity index (χ3v) is 5.44. The molecule has 0 aliphatic carbocycles. The number of carbonyl (C=O) groups excluding carboxylic acids is 1. The van der Waals surface area contributed by atoms with E-state index in [0.717, 1.165) is 46.8 Å². The molecule has 0 fully saturated rings. The van der Waals surface area contributed by atoms with Crippen LogP contribution in [0.3, 0.4) is 0 Å². The van der Waals surface area contributed by atoms with Crippen LogP contribution in [0.2, 0.25) is 0 Å². The maximum atomic E-state index is 12.4. The second-order valence-electron chi connectivity index (χ2n) is 6.22. The van der Waals surface area contributed by atoms with Crippen LogP contribution in [-0.4, -0.2) is 26.4 Å². The second-order valence-corrected chi connectivity index (χ2v) is 7.17. The number of aromatic nitrogens is 3. The van der Waals surface area contributed by atoms with Crippen LogP contribution in [0.15, 0.2) is 47.6 Å². The van der Waals surface area contributed by atoms with Crippen LogP contribution in [0.5, 0.6) is 0 Å². The summed E-state index contributed by atoms with van der Waals surface area (Å²) in [6, 6.07) is 14.0. The highest BCUT2D eigenvalue weighted by atomic mass is 32.2. The fourth-order valence-corrected chi connectivity index (χ4v) is 4.00. The van der Waals surface area contributed by atoms with Crippen molar-refractivity contribution in [2.75, 3.05) is 11.1 Å². The number of carbonyl (C=O) groups is 1. The Balaban J connectivity index is 1.44. The first kappa shape index (κ1) is 16.1. The number of rotatable bonds is 4. The predicted octanol–water partition coefficient (Wildman–Crippen LogP) is 3.89. The highest BCUT2D eigenvalue weighted by Crippen LogP contribution is 2.25. The lowest BCUT2D eigenvalue weighted by atomic mass is 10.1. The SMILES string of the molecule is O=C(CSc1nnc2n1CCCCC2)Nc1cccc2ccccc12. The van der Waals surface area contributed by atoms with Crippen molar-refractivity contribution < 1.29 is 4.79 Å². The fraction of sp³-hybridized carbons (Fsp3) is 0.316. The van der Waals surface area contributed by atoms with Crippen LogP contribution < -0.4 is 5.32 Å². The molecule has 0 saturated heterocycles. The molecule has 2 heterocycles. The molecule has 6 heteroatoms. The Kier molecular flexibility index (Phi) is 4.70. The summed E-state index contributed by atoms with van der Waals surface area (Å²) in [5, 5.41) is 14.6. The smallest absolute Gasteiger partial charge is 0.234 e. The zero-order valence-corrected chi connectivity index (χ0v) is 14.8. The first-order valence-corrected chi connectivity index (χ1v) is 9.62. The lowest BCUT2D eigenvalue weighted by Crippen LogP contribution is -2.15. The Labute approximate surface area is 150 Å². The monoisotopic (exact) mass is 352 g/mol. The minimum atomic E-state index is -0.0210. The van der Waals surface area contributed by atoms with Gasteiger partial charge in [-0.05, 0) is 24.3 Å². The molecule has 1 aliphatic rings.